The van der Waals surface area contributed by atoms with Gasteiger partial charge in [-0.1, -0.05) is 0 Å². The number of methoxy groups -OCH3 is 1. The number of carbonyl (C=O) groups excluding carboxylic acids is 1. The number of alkyl halides is 3. The summed E-state index contributed by atoms with van der Waals surface area (Å²) in [6.07, 6.45) is -4.41. The highest BCUT2D eigenvalue weighted by Crippen LogP contribution is 2.31. The lowest BCUT2D eigenvalue weighted by atomic mass is 10.1. The van der Waals surface area contributed by atoms with Crippen LogP contribution in [0.25, 0.3) is 0 Å². The number of benzene rings is 2. The number of rotatable bonds is 4. The van der Waals surface area contributed by atoms with Gasteiger partial charge in [-0.15, -0.1) is 0 Å². The van der Waals surface area contributed by atoms with Gasteiger partial charge < -0.3 is 19.7 Å². The molecule has 0 unspecified atom stereocenters. The second-order valence-electron chi connectivity index (χ2n) is 6.01. The summed E-state index contributed by atoms with van der Waals surface area (Å²) in [5.41, 5.74) is 0.635. The SMILES string of the molecule is COc1ccc(C(=O)Nc2ccc(C(F)(F)F)cc2)c(N2CCOCC2)c1. The van der Waals surface area contributed by atoms with Gasteiger partial charge in [-0.3, -0.25) is 4.79 Å². The first-order chi connectivity index (χ1) is 12.9. The zero-order valence-electron chi connectivity index (χ0n) is 14.7. The van der Waals surface area contributed by atoms with Gasteiger partial charge in [0.25, 0.3) is 5.91 Å². The van der Waals surface area contributed by atoms with E-state index in [9.17, 15) is 18.0 Å². The van der Waals surface area contributed by atoms with Crippen molar-refractivity contribution in [2.24, 2.45) is 0 Å². The van der Waals surface area contributed by atoms with Crippen LogP contribution in [0.2, 0.25) is 0 Å². The third-order valence-corrected chi connectivity index (χ3v) is 4.27. The second kappa shape index (κ2) is 7.87. The molecule has 3 rings (SSSR count). The molecule has 1 saturated heterocycles. The average molecular weight is 380 g/mol. The summed E-state index contributed by atoms with van der Waals surface area (Å²) < 4.78 is 48.6. The van der Waals surface area contributed by atoms with Gasteiger partial charge >= 0.3 is 6.18 Å². The van der Waals surface area contributed by atoms with Crippen LogP contribution in [0.5, 0.6) is 5.75 Å². The van der Waals surface area contributed by atoms with Crippen LogP contribution in [0.1, 0.15) is 15.9 Å². The lowest BCUT2D eigenvalue weighted by molar-refractivity contribution is -0.137. The molecule has 27 heavy (non-hydrogen) atoms. The van der Waals surface area contributed by atoms with Crippen molar-refractivity contribution in [3.63, 3.8) is 0 Å². The Hall–Kier alpha value is -2.74. The van der Waals surface area contributed by atoms with Crippen molar-refractivity contribution >= 4 is 17.3 Å². The first-order valence-electron chi connectivity index (χ1n) is 8.38. The van der Waals surface area contributed by atoms with E-state index in [2.05, 4.69) is 5.32 Å². The third-order valence-electron chi connectivity index (χ3n) is 4.27. The van der Waals surface area contributed by atoms with E-state index in [1.807, 2.05) is 4.90 Å². The van der Waals surface area contributed by atoms with Crippen LogP contribution in [0.15, 0.2) is 42.5 Å². The molecule has 0 spiro atoms. The second-order valence-corrected chi connectivity index (χ2v) is 6.01. The minimum absolute atomic E-state index is 0.289. The molecule has 1 heterocycles. The number of nitrogens with one attached hydrogen (secondary N) is 1. The van der Waals surface area contributed by atoms with Crippen molar-refractivity contribution in [2.45, 2.75) is 6.18 Å². The van der Waals surface area contributed by atoms with Gasteiger partial charge in [-0.2, -0.15) is 13.2 Å². The molecule has 1 N–H and O–H groups in total. The molecule has 0 atom stereocenters. The van der Waals surface area contributed by atoms with E-state index in [-0.39, 0.29) is 5.69 Å². The maximum Gasteiger partial charge on any atom is 0.416 e. The van der Waals surface area contributed by atoms with Crippen molar-refractivity contribution in [1.82, 2.24) is 0 Å². The zero-order chi connectivity index (χ0) is 19.4. The number of ether oxygens (including phenoxy) is 2. The monoisotopic (exact) mass is 380 g/mol. The van der Waals surface area contributed by atoms with E-state index in [1.54, 1.807) is 25.3 Å². The van der Waals surface area contributed by atoms with Gasteiger partial charge in [0.2, 0.25) is 0 Å². The highest BCUT2D eigenvalue weighted by Gasteiger charge is 2.30. The Kier molecular flexibility index (Phi) is 5.55. The van der Waals surface area contributed by atoms with Crippen LogP contribution >= 0.6 is 0 Å². The quantitative estimate of drug-likeness (QED) is 0.877. The van der Waals surface area contributed by atoms with Crippen LogP contribution in [0, 0.1) is 0 Å². The number of nitrogens with zero attached hydrogens (tertiary/aromatic N) is 1. The fourth-order valence-electron chi connectivity index (χ4n) is 2.84. The number of amides is 1. The molecule has 1 aliphatic heterocycles. The molecule has 1 aliphatic rings. The highest BCUT2D eigenvalue weighted by atomic mass is 19.4. The molecule has 0 aromatic heterocycles. The zero-order valence-corrected chi connectivity index (χ0v) is 14.7. The van der Waals surface area contributed by atoms with Crippen LogP contribution in [-0.2, 0) is 10.9 Å². The molecule has 8 heteroatoms. The fourth-order valence-corrected chi connectivity index (χ4v) is 2.84. The molecule has 144 valence electrons. The highest BCUT2D eigenvalue weighted by molar-refractivity contribution is 6.08. The summed E-state index contributed by atoms with van der Waals surface area (Å²) in [6.45, 7) is 2.37. The maximum absolute atomic E-state index is 12.7. The minimum atomic E-state index is -4.41. The topological polar surface area (TPSA) is 50.8 Å². The Morgan fingerprint density at radius 3 is 2.37 bits per heavy atom. The van der Waals surface area contributed by atoms with Gasteiger partial charge in [-0.05, 0) is 36.4 Å². The molecule has 0 saturated carbocycles. The maximum atomic E-state index is 12.7. The molecule has 1 amide bonds. The van der Waals surface area contributed by atoms with Crippen LogP contribution in [-0.4, -0.2) is 39.3 Å². The molecular formula is C19H19F3N2O3. The summed E-state index contributed by atoms with van der Waals surface area (Å²) >= 11 is 0. The van der Waals surface area contributed by atoms with Gasteiger partial charge in [0, 0.05) is 24.8 Å². The average Bonchev–Trinajstić information content (AvgIpc) is 2.68. The first kappa shape index (κ1) is 19.0. The Balaban J connectivity index is 1.83. The standard InChI is InChI=1S/C19H19F3N2O3/c1-26-15-6-7-16(17(12-15)24-8-10-27-11-9-24)18(25)23-14-4-2-13(3-5-14)19(20,21)22/h2-7,12H,8-11H2,1H3,(H,23,25). The summed E-state index contributed by atoms with van der Waals surface area (Å²) in [7, 11) is 1.54. The largest absolute Gasteiger partial charge is 0.497 e. The van der Waals surface area contributed by atoms with E-state index < -0.39 is 17.6 Å². The summed E-state index contributed by atoms with van der Waals surface area (Å²) in [4.78, 5) is 14.7. The van der Waals surface area contributed by atoms with Crippen molar-refractivity contribution in [1.29, 1.82) is 0 Å². The smallest absolute Gasteiger partial charge is 0.416 e. The van der Waals surface area contributed by atoms with E-state index in [0.29, 0.717) is 43.3 Å². The number of hydrogen-bond donors (Lipinski definition) is 1. The summed E-state index contributed by atoms with van der Waals surface area (Å²) in [5.74, 6) is 0.210. The first-order valence-corrected chi connectivity index (χ1v) is 8.38. The fraction of sp³-hybridized carbons (Fsp3) is 0.316. The summed E-state index contributed by atoms with van der Waals surface area (Å²) in [6, 6.07) is 9.43. The number of carbonyl (C=O) groups is 1. The molecule has 0 radical (unpaired) electrons. The molecular weight excluding hydrogens is 361 g/mol. The number of halogens is 3. The van der Waals surface area contributed by atoms with Gasteiger partial charge in [0.05, 0.1) is 37.1 Å². The Bertz CT molecular complexity index is 801. The predicted molar refractivity (Wildman–Crippen MR) is 95.4 cm³/mol. The van der Waals surface area contributed by atoms with Crippen molar-refractivity contribution in [3.8, 4) is 5.75 Å². The Labute approximate surface area is 154 Å². The normalized spacial score (nSPS) is 14.7. The van der Waals surface area contributed by atoms with Gasteiger partial charge in [0.1, 0.15) is 5.75 Å². The number of morpholine rings is 1. The molecule has 2 aromatic rings. The number of anilines is 2. The van der Waals surface area contributed by atoms with Gasteiger partial charge in [-0.25, -0.2) is 0 Å². The number of hydrogen-bond acceptors (Lipinski definition) is 4. The molecule has 0 aliphatic carbocycles. The predicted octanol–water partition coefficient (Wildman–Crippen LogP) is 3.80. The lowest BCUT2D eigenvalue weighted by Crippen LogP contribution is -2.37. The van der Waals surface area contributed by atoms with E-state index >= 15 is 0 Å². The Morgan fingerprint density at radius 1 is 1.11 bits per heavy atom. The molecule has 2 aromatic carbocycles. The third kappa shape index (κ3) is 4.51. The molecule has 5 nitrogen and oxygen atoms in total. The van der Waals surface area contributed by atoms with Crippen LogP contribution in [0.3, 0.4) is 0 Å². The summed E-state index contributed by atoms with van der Waals surface area (Å²) in [5, 5.41) is 2.65. The molecule has 1 fully saturated rings. The Morgan fingerprint density at radius 2 is 1.78 bits per heavy atom. The van der Waals surface area contributed by atoms with Crippen LogP contribution in [0.4, 0.5) is 24.5 Å². The van der Waals surface area contributed by atoms with E-state index in [1.165, 1.54) is 12.1 Å². The van der Waals surface area contributed by atoms with Crippen molar-refractivity contribution in [3.05, 3.63) is 53.6 Å². The van der Waals surface area contributed by atoms with Gasteiger partial charge in [0.15, 0.2) is 0 Å². The van der Waals surface area contributed by atoms with E-state index in [0.717, 1.165) is 12.1 Å². The molecule has 0 bridgehead atoms. The lowest BCUT2D eigenvalue weighted by Gasteiger charge is -2.30. The van der Waals surface area contributed by atoms with E-state index in [4.69, 9.17) is 9.47 Å². The minimum Gasteiger partial charge on any atom is -0.497 e. The van der Waals surface area contributed by atoms with Crippen molar-refractivity contribution < 1.29 is 27.4 Å². The van der Waals surface area contributed by atoms with Crippen molar-refractivity contribution in [2.75, 3.05) is 43.6 Å². The van der Waals surface area contributed by atoms with Crippen LogP contribution < -0.4 is 15.0 Å².